The Morgan fingerprint density at radius 3 is 2.67 bits per heavy atom. The normalized spacial score (nSPS) is 12.4. The molecule has 0 aliphatic rings. The quantitative estimate of drug-likeness (QED) is 0.867. The van der Waals surface area contributed by atoms with Gasteiger partial charge in [-0.05, 0) is 7.05 Å². The number of halogens is 3. The van der Waals surface area contributed by atoms with Gasteiger partial charge < -0.3 is 5.73 Å². The van der Waals surface area contributed by atoms with E-state index in [1.54, 1.807) is 5.38 Å². The van der Waals surface area contributed by atoms with Crippen LogP contribution in [0.25, 0.3) is 0 Å². The molecule has 0 aliphatic heterocycles. The molecule has 0 unspecified atom stereocenters. The number of hydrogen-bond acceptors (Lipinski definition) is 4. The molecule has 1 aromatic rings. The fourth-order valence-electron chi connectivity index (χ4n) is 1.15. The molecule has 1 rings (SSSR count). The molecule has 0 saturated carbocycles. The Balaban J connectivity index is 2.47. The number of hydrogen-bond donors (Lipinski definition) is 1. The lowest BCUT2D eigenvalue weighted by Gasteiger charge is -2.16. The molecule has 2 N–H and O–H groups in total. The van der Waals surface area contributed by atoms with Crippen LogP contribution in [-0.2, 0) is 13.1 Å². The highest BCUT2D eigenvalue weighted by molar-refractivity contribution is 7.09. The van der Waals surface area contributed by atoms with Crippen LogP contribution in [-0.4, -0.2) is 29.7 Å². The Kier molecular flexibility index (Phi) is 4.06. The Hall–Kier alpha value is -0.660. The maximum Gasteiger partial charge on any atom is 0.401 e. The lowest BCUT2D eigenvalue weighted by atomic mass is 10.4. The van der Waals surface area contributed by atoms with E-state index in [0.29, 0.717) is 12.2 Å². The van der Waals surface area contributed by atoms with Crippen LogP contribution in [0.3, 0.4) is 0 Å². The average molecular weight is 239 g/mol. The summed E-state index contributed by atoms with van der Waals surface area (Å²) in [5.41, 5.74) is 5.98. The molecule has 1 aromatic heterocycles. The topological polar surface area (TPSA) is 42.1 Å². The van der Waals surface area contributed by atoms with Gasteiger partial charge in [-0.15, -0.1) is 11.3 Å². The second-order valence-corrected chi connectivity index (χ2v) is 4.17. The van der Waals surface area contributed by atoms with E-state index in [4.69, 9.17) is 5.73 Å². The zero-order valence-corrected chi connectivity index (χ0v) is 9.03. The lowest BCUT2D eigenvalue weighted by Crippen LogP contribution is -2.30. The Bertz CT molecular complexity index is 310. The molecular formula is C8H12F3N3S. The fourth-order valence-corrected chi connectivity index (χ4v) is 1.82. The fraction of sp³-hybridized carbons (Fsp3) is 0.625. The van der Waals surface area contributed by atoms with E-state index in [2.05, 4.69) is 4.98 Å². The maximum absolute atomic E-state index is 12.0. The second-order valence-electron chi connectivity index (χ2n) is 3.22. The van der Waals surface area contributed by atoms with Gasteiger partial charge in [0.05, 0.1) is 12.2 Å². The van der Waals surface area contributed by atoms with Crippen LogP contribution in [0.2, 0.25) is 0 Å². The summed E-state index contributed by atoms with van der Waals surface area (Å²) in [5.74, 6) is 0. The number of alkyl halides is 3. The van der Waals surface area contributed by atoms with E-state index in [9.17, 15) is 13.2 Å². The first-order valence-corrected chi connectivity index (χ1v) is 5.17. The summed E-state index contributed by atoms with van der Waals surface area (Å²) in [6.45, 7) is -0.411. The van der Waals surface area contributed by atoms with Crippen LogP contribution in [0.5, 0.6) is 0 Å². The molecule has 0 aliphatic carbocycles. The third kappa shape index (κ3) is 4.59. The van der Waals surface area contributed by atoms with Crippen LogP contribution in [0, 0.1) is 0 Å². The summed E-state index contributed by atoms with van der Waals surface area (Å²) in [7, 11) is 1.41. The van der Waals surface area contributed by atoms with Crippen LogP contribution < -0.4 is 5.73 Å². The predicted molar refractivity (Wildman–Crippen MR) is 52.4 cm³/mol. The lowest BCUT2D eigenvalue weighted by molar-refractivity contribution is -0.144. The summed E-state index contributed by atoms with van der Waals surface area (Å²) in [4.78, 5) is 5.26. The van der Waals surface area contributed by atoms with E-state index < -0.39 is 12.7 Å². The number of rotatable bonds is 4. The summed E-state index contributed by atoms with van der Waals surface area (Å²) in [6.07, 6.45) is -4.17. The molecule has 3 nitrogen and oxygen atoms in total. The summed E-state index contributed by atoms with van der Waals surface area (Å²) in [6, 6.07) is 0. The number of nitrogens with two attached hydrogens (primary N) is 1. The van der Waals surface area contributed by atoms with Crippen molar-refractivity contribution in [2.45, 2.75) is 19.3 Å². The third-order valence-electron chi connectivity index (χ3n) is 1.66. The number of thiazole rings is 1. The first-order chi connectivity index (χ1) is 6.90. The van der Waals surface area contributed by atoms with Crippen LogP contribution in [0.4, 0.5) is 13.2 Å². The molecule has 15 heavy (non-hydrogen) atoms. The highest BCUT2D eigenvalue weighted by Crippen LogP contribution is 2.17. The third-order valence-corrected chi connectivity index (χ3v) is 2.58. The highest BCUT2D eigenvalue weighted by Gasteiger charge is 2.29. The van der Waals surface area contributed by atoms with Crippen molar-refractivity contribution in [3.8, 4) is 0 Å². The smallest absolute Gasteiger partial charge is 0.325 e. The standard InChI is InChI=1S/C8H12F3N3S/c1-14(5-8(9,10)11)3-6-4-15-7(2-12)13-6/h4H,2-3,5,12H2,1H3. The molecule has 0 saturated heterocycles. The Labute approximate surface area is 89.7 Å². The average Bonchev–Trinajstić information content (AvgIpc) is 2.48. The van der Waals surface area contributed by atoms with Crippen molar-refractivity contribution < 1.29 is 13.2 Å². The van der Waals surface area contributed by atoms with Crippen molar-refractivity contribution in [2.75, 3.05) is 13.6 Å². The molecule has 0 spiro atoms. The van der Waals surface area contributed by atoms with Gasteiger partial charge in [0.15, 0.2) is 0 Å². The number of nitrogens with zero attached hydrogens (tertiary/aromatic N) is 2. The van der Waals surface area contributed by atoms with E-state index in [1.165, 1.54) is 23.3 Å². The molecular weight excluding hydrogens is 227 g/mol. The van der Waals surface area contributed by atoms with Gasteiger partial charge in [-0.1, -0.05) is 0 Å². The zero-order chi connectivity index (χ0) is 11.5. The van der Waals surface area contributed by atoms with Gasteiger partial charge in [-0.3, -0.25) is 4.90 Å². The molecule has 0 atom stereocenters. The first-order valence-electron chi connectivity index (χ1n) is 4.29. The van der Waals surface area contributed by atoms with E-state index >= 15 is 0 Å². The monoisotopic (exact) mass is 239 g/mol. The van der Waals surface area contributed by atoms with Gasteiger partial charge in [-0.2, -0.15) is 13.2 Å². The van der Waals surface area contributed by atoms with Crippen molar-refractivity contribution in [1.29, 1.82) is 0 Å². The first kappa shape index (κ1) is 12.4. The second kappa shape index (κ2) is 4.91. The van der Waals surface area contributed by atoms with Crippen molar-refractivity contribution in [3.63, 3.8) is 0 Å². The van der Waals surface area contributed by atoms with Crippen LogP contribution >= 0.6 is 11.3 Å². The maximum atomic E-state index is 12.0. The van der Waals surface area contributed by atoms with E-state index in [0.717, 1.165) is 5.01 Å². The summed E-state index contributed by atoms with van der Waals surface area (Å²) < 4.78 is 36.0. The molecule has 7 heteroatoms. The molecule has 0 fully saturated rings. The number of aromatic nitrogens is 1. The van der Waals surface area contributed by atoms with Gasteiger partial charge in [0.2, 0.25) is 0 Å². The molecule has 0 amide bonds. The zero-order valence-electron chi connectivity index (χ0n) is 8.21. The van der Waals surface area contributed by atoms with Gasteiger partial charge in [0.1, 0.15) is 5.01 Å². The van der Waals surface area contributed by atoms with Gasteiger partial charge in [0, 0.05) is 18.5 Å². The molecule has 1 heterocycles. The minimum Gasteiger partial charge on any atom is -0.325 e. The highest BCUT2D eigenvalue weighted by atomic mass is 32.1. The summed E-state index contributed by atoms with van der Waals surface area (Å²) >= 11 is 1.37. The SMILES string of the molecule is CN(Cc1csc(CN)n1)CC(F)(F)F. The molecule has 86 valence electrons. The van der Waals surface area contributed by atoms with E-state index in [-0.39, 0.29) is 6.54 Å². The van der Waals surface area contributed by atoms with Crippen molar-refractivity contribution in [1.82, 2.24) is 9.88 Å². The largest absolute Gasteiger partial charge is 0.401 e. The minimum absolute atomic E-state index is 0.190. The van der Waals surface area contributed by atoms with Gasteiger partial charge in [0.25, 0.3) is 0 Å². The van der Waals surface area contributed by atoms with Crippen molar-refractivity contribution in [2.24, 2.45) is 5.73 Å². The van der Waals surface area contributed by atoms with Gasteiger partial charge >= 0.3 is 6.18 Å². The van der Waals surface area contributed by atoms with Crippen molar-refractivity contribution >= 4 is 11.3 Å². The van der Waals surface area contributed by atoms with Crippen molar-refractivity contribution in [3.05, 3.63) is 16.1 Å². The molecule has 0 radical (unpaired) electrons. The molecule has 0 aromatic carbocycles. The predicted octanol–water partition coefficient (Wildman–Crippen LogP) is 1.60. The molecule has 0 bridgehead atoms. The van der Waals surface area contributed by atoms with Crippen LogP contribution in [0.15, 0.2) is 5.38 Å². The Morgan fingerprint density at radius 1 is 1.53 bits per heavy atom. The summed E-state index contributed by atoms with van der Waals surface area (Å²) in [5, 5.41) is 2.47. The van der Waals surface area contributed by atoms with Gasteiger partial charge in [-0.25, -0.2) is 4.98 Å². The Morgan fingerprint density at radius 2 is 2.20 bits per heavy atom. The van der Waals surface area contributed by atoms with Crippen LogP contribution in [0.1, 0.15) is 10.7 Å². The van der Waals surface area contributed by atoms with E-state index in [1.807, 2.05) is 0 Å². The minimum atomic E-state index is -4.17.